The van der Waals surface area contributed by atoms with Crippen molar-refractivity contribution in [2.75, 3.05) is 10.6 Å². The number of hydrogen-bond donors (Lipinski definition) is 2. The summed E-state index contributed by atoms with van der Waals surface area (Å²) in [5.41, 5.74) is 4.00. The van der Waals surface area contributed by atoms with E-state index < -0.39 is 0 Å². The topological polar surface area (TPSA) is 66.9 Å². The van der Waals surface area contributed by atoms with Gasteiger partial charge in [0.15, 0.2) is 0 Å². The summed E-state index contributed by atoms with van der Waals surface area (Å²) in [6.45, 7) is 3.86. The van der Waals surface area contributed by atoms with Gasteiger partial charge in [0.25, 0.3) is 5.91 Å². The summed E-state index contributed by atoms with van der Waals surface area (Å²) in [4.78, 5) is 20.9. The van der Waals surface area contributed by atoms with Gasteiger partial charge in [-0.2, -0.15) is 0 Å². The standard InChI is InChI=1S/C19H17BrN4O/c1-12-11-13(2)22-19(21-12)24-17-9-7-16(8-10-17)23-18(25)14-3-5-15(20)6-4-14/h3-11H,1-2H3,(H,23,25)(H,21,22,24). The van der Waals surface area contributed by atoms with E-state index in [0.717, 1.165) is 27.2 Å². The third-order valence-corrected chi connectivity index (χ3v) is 4.02. The molecule has 0 saturated carbocycles. The minimum atomic E-state index is -0.147. The Hall–Kier alpha value is -2.73. The van der Waals surface area contributed by atoms with Gasteiger partial charge in [-0.15, -0.1) is 0 Å². The highest BCUT2D eigenvalue weighted by molar-refractivity contribution is 9.10. The normalized spacial score (nSPS) is 10.4. The molecule has 1 aromatic heterocycles. The lowest BCUT2D eigenvalue weighted by molar-refractivity contribution is 0.102. The van der Waals surface area contributed by atoms with Crippen molar-refractivity contribution in [3.63, 3.8) is 0 Å². The fraction of sp³-hybridized carbons (Fsp3) is 0.105. The van der Waals surface area contributed by atoms with E-state index in [9.17, 15) is 4.79 Å². The van der Waals surface area contributed by atoms with Gasteiger partial charge in [-0.25, -0.2) is 9.97 Å². The Bertz CT molecular complexity index is 872. The first-order valence-corrected chi connectivity index (χ1v) is 8.55. The molecular formula is C19H17BrN4O. The molecule has 1 amide bonds. The molecule has 3 aromatic rings. The average molecular weight is 397 g/mol. The molecule has 0 aliphatic heterocycles. The number of aryl methyl sites for hydroxylation is 2. The van der Waals surface area contributed by atoms with E-state index in [2.05, 4.69) is 36.5 Å². The van der Waals surface area contributed by atoms with Crippen molar-refractivity contribution in [2.24, 2.45) is 0 Å². The van der Waals surface area contributed by atoms with Crippen LogP contribution in [0.5, 0.6) is 0 Å². The molecule has 0 unspecified atom stereocenters. The number of aromatic nitrogens is 2. The highest BCUT2D eigenvalue weighted by Crippen LogP contribution is 2.18. The van der Waals surface area contributed by atoms with Crippen LogP contribution in [0, 0.1) is 13.8 Å². The Morgan fingerprint density at radius 2 is 1.44 bits per heavy atom. The molecule has 0 bridgehead atoms. The summed E-state index contributed by atoms with van der Waals surface area (Å²) in [7, 11) is 0. The van der Waals surface area contributed by atoms with Crippen molar-refractivity contribution in [3.8, 4) is 0 Å². The molecule has 0 aliphatic rings. The first kappa shape index (κ1) is 17.1. The van der Waals surface area contributed by atoms with Gasteiger partial charge in [0, 0.05) is 32.8 Å². The maximum Gasteiger partial charge on any atom is 0.255 e. The van der Waals surface area contributed by atoms with E-state index in [1.807, 2.05) is 56.3 Å². The van der Waals surface area contributed by atoms with E-state index in [-0.39, 0.29) is 5.91 Å². The lowest BCUT2D eigenvalue weighted by Gasteiger charge is -2.09. The van der Waals surface area contributed by atoms with Crippen molar-refractivity contribution in [3.05, 3.63) is 76.0 Å². The van der Waals surface area contributed by atoms with Gasteiger partial charge in [-0.05, 0) is 68.4 Å². The minimum absolute atomic E-state index is 0.147. The van der Waals surface area contributed by atoms with Crippen molar-refractivity contribution >= 4 is 39.2 Å². The van der Waals surface area contributed by atoms with Crippen LogP contribution >= 0.6 is 15.9 Å². The van der Waals surface area contributed by atoms with E-state index in [0.29, 0.717) is 11.5 Å². The number of benzene rings is 2. The number of halogens is 1. The van der Waals surface area contributed by atoms with Crippen molar-refractivity contribution in [1.29, 1.82) is 0 Å². The molecule has 3 rings (SSSR count). The smallest absolute Gasteiger partial charge is 0.255 e. The largest absolute Gasteiger partial charge is 0.324 e. The SMILES string of the molecule is Cc1cc(C)nc(Nc2ccc(NC(=O)c3ccc(Br)cc3)cc2)n1. The van der Waals surface area contributed by atoms with E-state index in [1.165, 1.54) is 0 Å². The van der Waals surface area contributed by atoms with Crippen LogP contribution in [0.1, 0.15) is 21.7 Å². The molecule has 126 valence electrons. The predicted molar refractivity (Wildman–Crippen MR) is 103 cm³/mol. The fourth-order valence-corrected chi connectivity index (χ4v) is 2.62. The molecule has 0 fully saturated rings. The van der Waals surface area contributed by atoms with Crippen LogP contribution in [0.4, 0.5) is 17.3 Å². The Morgan fingerprint density at radius 3 is 2.04 bits per heavy atom. The molecule has 0 atom stereocenters. The summed E-state index contributed by atoms with van der Waals surface area (Å²) < 4.78 is 0.938. The molecule has 0 radical (unpaired) electrons. The van der Waals surface area contributed by atoms with Crippen LogP contribution in [-0.4, -0.2) is 15.9 Å². The molecule has 0 spiro atoms. The first-order valence-electron chi connectivity index (χ1n) is 7.76. The number of amides is 1. The summed E-state index contributed by atoms with van der Waals surface area (Å²) in [5, 5.41) is 6.04. The summed E-state index contributed by atoms with van der Waals surface area (Å²) in [5.74, 6) is 0.412. The lowest BCUT2D eigenvalue weighted by Crippen LogP contribution is -2.11. The van der Waals surface area contributed by atoms with E-state index >= 15 is 0 Å². The van der Waals surface area contributed by atoms with E-state index in [4.69, 9.17) is 0 Å². The maximum absolute atomic E-state index is 12.2. The van der Waals surface area contributed by atoms with Gasteiger partial charge < -0.3 is 10.6 Å². The Morgan fingerprint density at radius 1 is 0.880 bits per heavy atom. The first-order chi connectivity index (χ1) is 12.0. The third kappa shape index (κ3) is 4.64. The molecule has 0 aliphatic carbocycles. The molecule has 1 heterocycles. The number of hydrogen-bond acceptors (Lipinski definition) is 4. The summed E-state index contributed by atoms with van der Waals surface area (Å²) in [6.07, 6.45) is 0. The molecule has 0 saturated heterocycles. The number of rotatable bonds is 4. The third-order valence-electron chi connectivity index (χ3n) is 3.49. The number of carbonyl (C=O) groups is 1. The van der Waals surface area contributed by atoms with Gasteiger partial charge in [0.2, 0.25) is 5.95 Å². The Kier molecular flexibility index (Phi) is 5.09. The average Bonchev–Trinajstić information content (AvgIpc) is 2.56. The predicted octanol–water partition coefficient (Wildman–Crippen LogP) is 4.85. The highest BCUT2D eigenvalue weighted by atomic mass is 79.9. The second kappa shape index (κ2) is 7.44. The quantitative estimate of drug-likeness (QED) is 0.661. The molecular weight excluding hydrogens is 380 g/mol. The molecule has 5 nitrogen and oxygen atoms in total. The fourth-order valence-electron chi connectivity index (χ4n) is 2.35. The Balaban J connectivity index is 1.67. The lowest BCUT2D eigenvalue weighted by atomic mass is 10.2. The van der Waals surface area contributed by atoms with Crippen LogP contribution in [0.15, 0.2) is 59.1 Å². The molecule has 2 N–H and O–H groups in total. The summed E-state index contributed by atoms with van der Waals surface area (Å²) >= 11 is 3.36. The van der Waals surface area contributed by atoms with Crippen LogP contribution < -0.4 is 10.6 Å². The van der Waals surface area contributed by atoms with Gasteiger partial charge in [0.1, 0.15) is 0 Å². The van der Waals surface area contributed by atoms with Crippen LogP contribution in [0.3, 0.4) is 0 Å². The van der Waals surface area contributed by atoms with Crippen LogP contribution in [-0.2, 0) is 0 Å². The zero-order valence-electron chi connectivity index (χ0n) is 13.9. The molecule has 6 heteroatoms. The van der Waals surface area contributed by atoms with Crippen molar-refractivity contribution in [2.45, 2.75) is 13.8 Å². The van der Waals surface area contributed by atoms with Crippen molar-refractivity contribution in [1.82, 2.24) is 9.97 Å². The van der Waals surface area contributed by atoms with Gasteiger partial charge >= 0.3 is 0 Å². The number of nitrogens with zero attached hydrogens (tertiary/aromatic N) is 2. The maximum atomic E-state index is 12.2. The van der Waals surface area contributed by atoms with Gasteiger partial charge in [0.05, 0.1) is 0 Å². The summed E-state index contributed by atoms with van der Waals surface area (Å²) in [6, 6.07) is 16.6. The van der Waals surface area contributed by atoms with Crippen LogP contribution in [0.25, 0.3) is 0 Å². The monoisotopic (exact) mass is 396 g/mol. The van der Waals surface area contributed by atoms with Crippen molar-refractivity contribution < 1.29 is 4.79 Å². The second-order valence-electron chi connectivity index (χ2n) is 5.64. The van der Waals surface area contributed by atoms with Gasteiger partial charge in [-0.1, -0.05) is 15.9 Å². The highest BCUT2D eigenvalue weighted by Gasteiger charge is 2.06. The van der Waals surface area contributed by atoms with E-state index in [1.54, 1.807) is 12.1 Å². The molecule has 25 heavy (non-hydrogen) atoms. The Labute approximate surface area is 154 Å². The number of carbonyl (C=O) groups excluding carboxylic acids is 1. The second-order valence-corrected chi connectivity index (χ2v) is 6.55. The van der Waals surface area contributed by atoms with Crippen LogP contribution in [0.2, 0.25) is 0 Å². The number of anilines is 3. The zero-order valence-corrected chi connectivity index (χ0v) is 15.5. The molecule has 2 aromatic carbocycles. The van der Waals surface area contributed by atoms with Gasteiger partial charge in [-0.3, -0.25) is 4.79 Å². The minimum Gasteiger partial charge on any atom is -0.324 e. The number of nitrogens with one attached hydrogen (secondary N) is 2. The zero-order chi connectivity index (χ0) is 17.8.